The number of carbonyl (C=O) groups is 1. The maximum atomic E-state index is 13.6. The summed E-state index contributed by atoms with van der Waals surface area (Å²) in [5, 5.41) is 9.15. The molecule has 2 atom stereocenters. The Hall–Kier alpha value is -1.76. The minimum Gasteiger partial charge on any atom is -0.481 e. The molecule has 1 fully saturated rings. The number of carboxylic acids is 1. The van der Waals surface area contributed by atoms with Crippen LogP contribution in [0.25, 0.3) is 11.3 Å². The molecule has 0 saturated heterocycles. The van der Waals surface area contributed by atoms with Crippen LogP contribution in [0, 0.1) is 5.92 Å². The second kappa shape index (κ2) is 5.46. The summed E-state index contributed by atoms with van der Waals surface area (Å²) in [6, 6.07) is 7.44. The van der Waals surface area contributed by atoms with Gasteiger partial charge < -0.3 is 10.1 Å². The van der Waals surface area contributed by atoms with Gasteiger partial charge in [-0.3, -0.25) is 4.79 Å². The van der Waals surface area contributed by atoms with Gasteiger partial charge in [-0.25, -0.2) is 13.8 Å². The summed E-state index contributed by atoms with van der Waals surface area (Å²) in [5.74, 6) is -5.76. The van der Waals surface area contributed by atoms with Crippen molar-refractivity contribution in [2.75, 3.05) is 0 Å². The molecule has 0 amide bonds. The molecule has 0 spiro atoms. The number of rotatable bonds is 3. The van der Waals surface area contributed by atoms with E-state index in [2.05, 4.69) is 25.9 Å². The van der Waals surface area contributed by atoms with Crippen LogP contribution >= 0.6 is 15.9 Å². The molecule has 2 unspecified atom stereocenters. The second-order valence-electron chi connectivity index (χ2n) is 5.50. The predicted molar refractivity (Wildman–Crippen MR) is 79.8 cm³/mol. The van der Waals surface area contributed by atoms with Crippen molar-refractivity contribution in [2.24, 2.45) is 5.92 Å². The molecule has 116 valence electrons. The summed E-state index contributed by atoms with van der Waals surface area (Å²) in [5.41, 5.74) is 1.54. The van der Waals surface area contributed by atoms with Crippen LogP contribution < -0.4 is 0 Å². The lowest BCUT2D eigenvalue weighted by Crippen LogP contribution is -2.18. The van der Waals surface area contributed by atoms with Crippen molar-refractivity contribution in [1.82, 2.24) is 9.97 Å². The topological polar surface area (TPSA) is 66.0 Å². The van der Waals surface area contributed by atoms with Gasteiger partial charge in [-0.15, -0.1) is 0 Å². The molecule has 1 aliphatic rings. The molecule has 3 rings (SSSR count). The summed E-state index contributed by atoms with van der Waals surface area (Å²) in [4.78, 5) is 18.3. The lowest BCUT2D eigenvalue weighted by Gasteiger charge is -2.11. The third-order valence-electron chi connectivity index (χ3n) is 3.94. The third kappa shape index (κ3) is 2.90. The van der Waals surface area contributed by atoms with Gasteiger partial charge in [-0.2, -0.15) is 0 Å². The lowest BCUT2D eigenvalue weighted by atomic mass is 9.96. The second-order valence-corrected chi connectivity index (χ2v) is 6.42. The van der Waals surface area contributed by atoms with Crippen molar-refractivity contribution < 1.29 is 18.7 Å². The molecule has 1 aromatic heterocycles. The molecule has 2 N–H and O–H groups in total. The number of hydrogen-bond acceptors (Lipinski definition) is 2. The van der Waals surface area contributed by atoms with E-state index in [1.165, 1.54) is 0 Å². The molecule has 0 bridgehead atoms. The summed E-state index contributed by atoms with van der Waals surface area (Å²) >= 11 is 3.34. The van der Waals surface area contributed by atoms with Gasteiger partial charge in [0, 0.05) is 23.2 Å². The number of H-pyrrole nitrogens is 1. The number of aromatic amines is 1. The van der Waals surface area contributed by atoms with Crippen molar-refractivity contribution in [1.29, 1.82) is 0 Å². The molecule has 0 aliphatic heterocycles. The molecular formula is C15H13BrF2N2O2. The highest BCUT2D eigenvalue weighted by atomic mass is 79.9. The number of hydrogen-bond donors (Lipinski definition) is 2. The third-order valence-corrected chi connectivity index (χ3v) is 4.47. The van der Waals surface area contributed by atoms with Crippen LogP contribution in [0.1, 0.15) is 24.6 Å². The van der Waals surface area contributed by atoms with Gasteiger partial charge in [0.1, 0.15) is 5.82 Å². The normalized spacial score (nSPS) is 23.6. The zero-order chi connectivity index (χ0) is 15.9. The quantitative estimate of drug-likeness (QED) is 0.856. The highest BCUT2D eigenvalue weighted by Gasteiger charge is 2.51. The number of benzene rings is 1. The largest absolute Gasteiger partial charge is 0.481 e. The smallest absolute Gasteiger partial charge is 0.307 e. The van der Waals surface area contributed by atoms with Crippen LogP contribution in [-0.4, -0.2) is 27.0 Å². The van der Waals surface area contributed by atoms with Crippen molar-refractivity contribution in [3.8, 4) is 11.3 Å². The number of halogens is 3. The van der Waals surface area contributed by atoms with Crippen molar-refractivity contribution >= 4 is 21.9 Å². The standard InChI is InChI=1S/C15H13BrF2N2O2/c16-9-3-1-8(2-4-9)12-7-19-13(20-12)10-5-15(17,18)6-11(10)14(21)22/h1-4,7,10-11H,5-6H2,(H,19,20)(H,21,22). The number of aliphatic carboxylic acids is 1. The first kappa shape index (κ1) is 15.1. The monoisotopic (exact) mass is 370 g/mol. The van der Waals surface area contributed by atoms with E-state index in [-0.39, 0.29) is 0 Å². The Bertz CT molecular complexity index is 700. The Morgan fingerprint density at radius 3 is 2.64 bits per heavy atom. The first-order valence-electron chi connectivity index (χ1n) is 6.77. The Kier molecular flexibility index (Phi) is 3.76. The zero-order valence-corrected chi connectivity index (χ0v) is 13.0. The fraction of sp³-hybridized carbons (Fsp3) is 0.333. The Morgan fingerprint density at radius 2 is 2.00 bits per heavy atom. The van der Waals surface area contributed by atoms with E-state index in [1.807, 2.05) is 24.3 Å². The van der Waals surface area contributed by atoms with Crippen LogP contribution in [0.5, 0.6) is 0 Å². The maximum absolute atomic E-state index is 13.6. The Morgan fingerprint density at radius 1 is 1.32 bits per heavy atom. The van der Waals surface area contributed by atoms with E-state index in [9.17, 15) is 13.6 Å². The fourth-order valence-electron chi connectivity index (χ4n) is 2.86. The maximum Gasteiger partial charge on any atom is 0.307 e. The van der Waals surface area contributed by atoms with E-state index in [4.69, 9.17) is 5.11 Å². The highest BCUT2D eigenvalue weighted by molar-refractivity contribution is 9.10. The van der Waals surface area contributed by atoms with Crippen molar-refractivity contribution in [3.05, 3.63) is 40.8 Å². The molecule has 1 aliphatic carbocycles. The van der Waals surface area contributed by atoms with Gasteiger partial charge >= 0.3 is 5.97 Å². The first-order chi connectivity index (χ1) is 10.4. The number of aromatic nitrogens is 2. The summed E-state index contributed by atoms with van der Waals surface area (Å²) < 4.78 is 28.0. The number of carboxylic acid groups (broad SMARTS) is 1. The van der Waals surface area contributed by atoms with Crippen LogP contribution in [0.4, 0.5) is 8.78 Å². The van der Waals surface area contributed by atoms with Crippen molar-refractivity contribution in [3.63, 3.8) is 0 Å². The number of alkyl halides is 2. The van der Waals surface area contributed by atoms with Crippen LogP contribution in [-0.2, 0) is 4.79 Å². The minimum atomic E-state index is -2.96. The minimum absolute atomic E-state index is 0.308. The molecular weight excluding hydrogens is 358 g/mol. The molecule has 4 nitrogen and oxygen atoms in total. The fourth-order valence-corrected chi connectivity index (χ4v) is 3.12. The first-order valence-corrected chi connectivity index (χ1v) is 7.56. The molecule has 1 saturated carbocycles. The van der Waals surface area contributed by atoms with Crippen molar-refractivity contribution in [2.45, 2.75) is 24.7 Å². The number of imidazole rings is 1. The summed E-state index contributed by atoms with van der Waals surface area (Å²) in [6.45, 7) is 0. The van der Waals surface area contributed by atoms with Crippen LogP contribution in [0.2, 0.25) is 0 Å². The number of nitrogens with one attached hydrogen (secondary N) is 1. The van der Waals surface area contributed by atoms with Gasteiger partial charge in [0.2, 0.25) is 5.92 Å². The van der Waals surface area contributed by atoms with Gasteiger partial charge in [0.25, 0.3) is 0 Å². The average molecular weight is 371 g/mol. The average Bonchev–Trinajstić information content (AvgIpc) is 3.03. The van der Waals surface area contributed by atoms with E-state index in [1.54, 1.807) is 6.20 Å². The SMILES string of the molecule is O=C(O)C1CC(F)(F)CC1c1ncc(-c2ccc(Br)cc2)[nH]1. The van der Waals surface area contributed by atoms with Crippen LogP contribution in [0.3, 0.4) is 0 Å². The predicted octanol–water partition coefficient (Wildman–Crippen LogP) is 4.05. The molecule has 0 radical (unpaired) electrons. The van der Waals surface area contributed by atoms with Gasteiger partial charge in [0.05, 0.1) is 17.8 Å². The lowest BCUT2D eigenvalue weighted by molar-refractivity contribution is -0.143. The summed E-state index contributed by atoms with van der Waals surface area (Å²) in [6.07, 6.45) is 0.423. The van der Waals surface area contributed by atoms with Gasteiger partial charge in [0.15, 0.2) is 0 Å². The zero-order valence-electron chi connectivity index (χ0n) is 11.4. The molecule has 2 aromatic rings. The molecule has 22 heavy (non-hydrogen) atoms. The van der Waals surface area contributed by atoms with Gasteiger partial charge in [-0.1, -0.05) is 28.1 Å². The Balaban J connectivity index is 1.89. The van der Waals surface area contributed by atoms with E-state index in [0.717, 1.165) is 10.0 Å². The van der Waals surface area contributed by atoms with Gasteiger partial charge in [-0.05, 0) is 17.7 Å². The molecule has 1 heterocycles. The van der Waals surface area contributed by atoms with E-state index < -0.39 is 36.6 Å². The summed E-state index contributed by atoms with van der Waals surface area (Å²) in [7, 11) is 0. The highest BCUT2D eigenvalue weighted by Crippen LogP contribution is 2.47. The Labute approximate surface area is 133 Å². The molecule has 1 aromatic carbocycles. The van der Waals surface area contributed by atoms with Crippen LogP contribution in [0.15, 0.2) is 34.9 Å². The van der Waals surface area contributed by atoms with E-state index >= 15 is 0 Å². The van der Waals surface area contributed by atoms with E-state index in [0.29, 0.717) is 11.5 Å². The number of nitrogens with zero attached hydrogens (tertiary/aromatic N) is 1. The molecule has 7 heteroatoms.